The number of anilines is 1. The van der Waals surface area contributed by atoms with E-state index in [9.17, 15) is 17.2 Å². The fraction of sp³-hybridized carbons (Fsp3) is 0.333. The van der Waals surface area contributed by atoms with E-state index in [2.05, 4.69) is 11.0 Å². The summed E-state index contributed by atoms with van der Waals surface area (Å²) in [6.45, 7) is 4.94. The van der Waals surface area contributed by atoms with Crippen molar-refractivity contribution in [1.82, 2.24) is 4.31 Å². The Bertz CT molecular complexity index is 886. The third-order valence-electron chi connectivity index (χ3n) is 4.44. The fourth-order valence-electron chi connectivity index (χ4n) is 3.16. The van der Waals surface area contributed by atoms with Crippen molar-refractivity contribution in [3.8, 4) is 0 Å². The summed E-state index contributed by atoms with van der Waals surface area (Å²) in [5.74, 6) is -1.86. The average Bonchev–Trinajstić information content (AvgIpc) is 2.54. The highest BCUT2D eigenvalue weighted by atomic mass is 32.2. The molecule has 0 bridgehead atoms. The Balaban J connectivity index is 1.82. The number of aryl methyl sites for hydroxylation is 1. The van der Waals surface area contributed by atoms with Crippen LogP contribution in [0, 0.1) is 18.6 Å². The quantitative estimate of drug-likeness (QED) is 0.838. The SMILES string of the molecule is Cc1cccc(N2CCN(S(=O)(=O)c3ccc(F)cc3F)CC2C)c1. The Morgan fingerprint density at radius 1 is 1.08 bits per heavy atom. The van der Waals surface area contributed by atoms with Crippen molar-refractivity contribution >= 4 is 15.7 Å². The minimum atomic E-state index is -3.99. The molecular formula is C18H20F2N2O2S. The lowest BCUT2D eigenvalue weighted by atomic mass is 10.1. The van der Waals surface area contributed by atoms with Gasteiger partial charge in [0.05, 0.1) is 0 Å². The Labute approximate surface area is 146 Å². The van der Waals surface area contributed by atoms with Crippen molar-refractivity contribution in [3.05, 3.63) is 59.7 Å². The number of benzene rings is 2. The molecule has 0 amide bonds. The molecule has 1 saturated heterocycles. The molecule has 2 aromatic rings. The van der Waals surface area contributed by atoms with E-state index in [1.54, 1.807) is 0 Å². The van der Waals surface area contributed by atoms with Crippen molar-refractivity contribution in [2.24, 2.45) is 0 Å². The predicted octanol–water partition coefficient (Wildman–Crippen LogP) is 3.17. The van der Waals surface area contributed by atoms with E-state index in [0.29, 0.717) is 12.6 Å². The number of hydrogen-bond donors (Lipinski definition) is 0. The Hall–Kier alpha value is -1.99. The minimum Gasteiger partial charge on any atom is -0.366 e. The highest BCUT2D eigenvalue weighted by Crippen LogP contribution is 2.26. The zero-order valence-corrected chi connectivity index (χ0v) is 14.9. The molecule has 0 N–H and O–H groups in total. The predicted molar refractivity (Wildman–Crippen MR) is 93.1 cm³/mol. The number of sulfonamides is 1. The largest absolute Gasteiger partial charge is 0.366 e. The van der Waals surface area contributed by atoms with Crippen LogP contribution in [0.25, 0.3) is 0 Å². The first-order chi connectivity index (χ1) is 11.8. The average molecular weight is 366 g/mol. The molecule has 0 aromatic heterocycles. The second-order valence-electron chi connectivity index (χ2n) is 6.32. The molecule has 25 heavy (non-hydrogen) atoms. The maximum absolute atomic E-state index is 13.9. The van der Waals surface area contributed by atoms with Gasteiger partial charge in [-0.05, 0) is 43.7 Å². The lowest BCUT2D eigenvalue weighted by molar-refractivity contribution is 0.341. The van der Waals surface area contributed by atoms with Crippen molar-refractivity contribution in [3.63, 3.8) is 0 Å². The first-order valence-electron chi connectivity index (χ1n) is 8.07. The smallest absolute Gasteiger partial charge is 0.246 e. The van der Waals surface area contributed by atoms with Crippen LogP contribution in [0.3, 0.4) is 0 Å². The first kappa shape index (κ1) is 17.8. The lowest BCUT2D eigenvalue weighted by Gasteiger charge is -2.40. The summed E-state index contributed by atoms with van der Waals surface area (Å²) in [5.41, 5.74) is 2.17. The van der Waals surface area contributed by atoms with Crippen LogP contribution in [0.1, 0.15) is 12.5 Å². The van der Waals surface area contributed by atoms with Crippen molar-refractivity contribution in [2.75, 3.05) is 24.5 Å². The molecule has 1 fully saturated rings. The summed E-state index contributed by atoms with van der Waals surface area (Å²) in [4.78, 5) is 1.66. The second-order valence-corrected chi connectivity index (χ2v) is 8.23. The van der Waals surface area contributed by atoms with Crippen LogP contribution in [0.4, 0.5) is 14.5 Å². The van der Waals surface area contributed by atoms with Gasteiger partial charge in [-0.1, -0.05) is 12.1 Å². The molecule has 0 saturated carbocycles. The third-order valence-corrected chi connectivity index (χ3v) is 6.33. The molecule has 0 aliphatic carbocycles. The van der Waals surface area contributed by atoms with Crippen LogP contribution in [-0.2, 0) is 10.0 Å². The Kier molecular flexibility index (Phi) is 4.79. The Morgan fingerprint density at radius 3 is 2.48 bits per heavy atom. The summed E-state index contributed by atoms with van der Waals surface area (Å²) in [5, 5.41) is 0. The van der Waals surface area contributed by atoms with Crippen molar-refractivity contribution in [2.45, 2.75) is 24.8 Å². The Morgan fingerprint density at radius 2 is 1.84 bits per heavy atom. The van der Waals surface area contributed by atoms with Crippen LogP contribution < -0.4 is 4.90 Å². The zero-order valence-electron chi connectivity index (χ0n) is 14.1. The maximum Gasteiger partial charge on any atom is 0.246 e. The van der Waals surface area contributed by atoms with Crippen LogP contribution >= 0.6 is 0 Å². The third kappa shape index (κ3) is 3.52. The molecule has 1 aliphatic heterocycles. The highest BCUT2D eigenvalue weighted by molar-refractivity contribution is 7.89. The van der Waals surface area contributed by atoms with E-state index in [1.165, 1.54) is 4.31 Å². The highest BCUT2D eigenvalue weighted by Gasteiger charge is 2.34. The molecule has 7 heteroatoms. The molecule has 1 atom stereocenters. The van der Waals surface area contributed by atoms with Gasteiger partial charge in [0.2, 0.25) is 10.0 Å². The van der Waals surface area contributed by atoms with Gasteiger partial charge in [0.15, 0.2) is 0 Å². The molecule has 1 aliphatic rings. The maximum atomic E-state index is 13.9. The van der Waals surface area contributed by atoms with Gasteiger partial charge in [-0.3, -0.25) is 0 Å². The van der Waals surface area contributed by atoms with Gasteiger partial charge >= 0.3 is 0 Å². The monoisotopic (exact) mass is 366 g/mol. The molecule has 1 unspecified atom stereocenters. The topological polar surface area (TPSA) is 40.6 Å². The first-order valence-corrected chi connectivity index (χ1v) is 9.51. The van der Waals surface area contributed by atoms with Gasteiger partial charge < -0.3 is 4.90 Å². The van der Waals surface area contributed by atoms with E-state index < -0.39 is 26.6 Å². The molecular weight excluding hydrogens is 346 g/mol. The summed E-state index contributed by atoms with van der Waals surface area (Å²) in [6.07, 6.45) is 0. The van der Waals surface area contributed by atoms with Gasteiger partial charge in [0.25, 0.3) is 0 Å². The molecule has 134 valence electrons. The molecule has 1 heterocycles. The van der Waals surface area contributed by atoms with E-state index in [0.717, 1.165) is 23.4 Å². The molecule has 0 spiro atoms. The van der Waals surface area contributed by atoms with Gasteiger partial charge in [-0.25, -0.2) is 17.2 Å². The van der Waals surface area contributed by atoms with Crippen LogP contribution in [0.2, 0.25) is 0 Å². The van der Waals surface area contributed by atoms with Crippen molar-refractivity contribution < 1.29 is 17.2 Å². The van der Waals surface area contributed by atoms with Gasteiger partial charge in [0, 0.05) is 37.4 Å². The second kappa shape index (κ2) is 6.72. The molecule has 3 rings (SSSR count). The van der Waals surface area contributed by atoms with Crippen LogP contribution in [0.5, 0.6) is 0 Å². The number of halogens is 2. The summed E-state index contributed by atoms with van der Waals surface area (Å²) in [6, 6.07) is 10.5. The molecule has 2 aromatic carbocycles. The summed E-state index contributed by atoms with van der Waals surface area (Å²) in [7, 11) is -3.99. The fourth-order valence-corrected chi connectivity index (χ4v) is 4.71. The summed E-state index contributed by atoms with van der Waals surface area (Å²) >= 11 is 0. The van der Waals surface area contributed by atoms with E-state index in [1.807, 2.05) is 32.0 Å². The zero-order chi connectivity index (χ0) is 18.2. The van der Waals surface area contributed by atoms with E-state index in [4.69, 9.17) is 0 Å². The van der Waals surface area contributed by atoms with Gasteiger partial charge in [-0.2, -0.15) is 4.31 Å². The van der Waals surface area contributed by atoms with Crippen LogP contribution in [-0.4, -0.2) is 38.4 Å². The number of piperazine rings is 1. The minimum absolute atomic E-state index is 0.0613. The number of hydrogen-bond acceptors (Lipinski definition) is 3. The van der Waals surface area contributed by atoms with E-state index >= 15 is 0 Å². The lowest BCUT2D eigenvalue weighted by Crippen LogP contribution is -2.53. The van der Waals surface area contributed by atoms with Gasteiger partial charge in [0.1, 0.15) is 16.5 Å². The summed E-state index contributed by atoms with van der Waals surface area (Å²) < 4.78 is 53.7. The normalized spacial score (nSPS) is 19.2. The number of nitrogens with zero attached hydrogens (tertiary/aromatic N) is 2. The van der Waals surface area contributed by atoms with Crippen molar-refractivity contribution in [1.29, 1.82) is 0 Å². The standard InChI is InChI=1S/C18H20F2N2O2S/c1-13-4-3-5-16(10-13)22-9-8-21(12-14(22)2)25(23,24)18-7-6-15(19)11-17(18)20/h3-7,10-11,14H,8-9,12H2,1-2H3. The van der Waals surface area contributed by atoms with E-state index in [-0.39, 0.29) is 19.1 Å². The molecule has 0 radical (unpaired) electrons. The van der Waals surface area contributed by atoms with Gasteiger partial charge in [-0.15, -0.1) is 0 Å². The molecule has 4 nitrogen and oxygen atoms in total. The number of rotatable bonds is 3. The van der Waals surface area contributed by atoms with Crippen LogP contribution in [0.15, 0.2) is 47.4 Å².